The lowest BCUT2D eigenvalue weighted by Crippen LogP contribution is -2.30. The van der Waals surface area contributed by atoms with E-state index in [0.717, 1.165) is 64.2 Å². The predicted octanol–water partition coefficient (Wildman–Crippen LogP) is 14.3. The quantitative estimate of drug-likeness (QED) is 0.0269. The second-order valence-electron chi connectivity index (χ2n) is 15.3. The summed E-state index contributed by atoms with van der Waals surface area (Å²) >= 11 is 0. The SMILES string of the molecule is CCCCC/C=C\CCCCCCCC(=O)OCC(COC(=O)CCCCCCCCCCCCC)OC(=O)CCCCCCCCCCCCC. The molecule has 0 N–H and O–H groups in total. The third-order valence-corrected chi connectivity index (χ3v) is 10.0. The van der Waals surface area contributed by atoms with Gasteiger partial charge in [0, 0.05) is 19.3 Å². The van der Waals surface area contributed by atoms with Crippen LogP contribution in [0.1, 0.15) is 245 Å². The molecule has 306 valence electrons. The van der Waals surface area contributed by atoms with Crippen molar-refractivity contribution in [3.8, 4) is 0 Å². The average Bonchev–Trinajstić information content (AvgIpc) is 3.14. The molecule has 0 rings (SSSR count). The zero-order valence-electron chi connectivity index (χ0n) is 34.8. The summed E-state index contributed by atoms with van der Waals surface area (Å²) in [4.78, 5) is 37.6. The molecule has 0 aliphatic heterocycles. The van der Waals surface area contributed by atoms with E-state index in [1.54, 1.807) is 0 Å². The van der Waals surface area contributed by atoms with Crippen LogP contribution in [0, 0.1) is 0 Å². The molecule has 0 fully saturated rings. The lowest BCUT2D eigenvalue weighted by Gasteiger charge is -2.18. The van der Waals surface area contributed by atoms with Gasteiger partial charge in [-0.3, -0.25) is 14.4 Å². The van der Waals surface area contributed by atoms with E-state index in [4.69, 9.17) is 14.2 Å². The number of allylic oxidation sites excluding steroid dienone is 2. The molecule has 0 spiro atoms. The second kappa shape index (κ2) is 41.9. The number of carbonyl (C=O) groups is 3. The molecule has 6 nitrogen and oxygen atoms in total. The largest absolute Gasteiger partial charge is 0.462 e. The van der Waals surface area contributed by atoms with E-state index in [1.807, 2.05) is 0 Å². The Morgan fingerprint density at radius 3 is 1.00 bits per heavy atom. The number of esters is 3. The fourth-order valence-corrected chi connectivity index (χ4v) is 6.55. The minimum atomic E-state index is -0.763. The van der Waals surface area contributed by atoms with Crippen molar-refractivity contribution in [2.24, 2.45) is 0 Å². The van der Waals surface area contributed by atoms with Crippen molar-refractivity contribution in [2.75, 3.05) is 13.2 Å². The molecule has 0 radical (unpaired) electrons. The first-order chi connectivity index (χ1) is 25.5. The highest BCUT2D eigenvalue weighted by Crippen LogP contribution is 2.15. The molecule has 1 unspecified atom stereocenters. The first-order valence-corrected chi connectivity index (χ1v) is 22.7. The number of hydrogen-bond acceptors (Lipinski definition) is 6. The standard InChI is InChI=1S/C46H86O6/c1-4-7-10-13-16-19-22-25-27-30-33-36-39-45(48)51-42-43(52-46(49)40-37-34-31-28-24-21-18-15-12-9-6-3)41-50-44(47)38-35-32-29-26-23-20-17-14-11-8-5-2/h16,19,43H,4-15,17-18,20-42H2,1-3H3/b19-16-. The summed E-state index contributed by atoms with van der Waals surface area (Å²) in [7, 11) is 0. The Morgan fingerprint density at radius 2 is 0.635 bits per heavy atom. The van der Waals surface area contributed by atoms with Gasteiger partial charge in [0.05, 0.1) is 0 Å². The Hall–Kier alpha value is -1.85. The zero-order chi connectivity index (χ0) is 38.0. The van der Waals surface area contributed by atoms with Gasteiger partial charge in [0.15, 0.2) is 6.10 Å². The highest BCUT2D eigenvalue weighted by molar-refractivity contribution is 5.71. The molecule has 0 bridgehead atoms. The van der Waals surface area contributed by atoms with Crippen LogP contribution in [0.15, 0.2) is 12.2 Å². The zero-order valence-corrected chi connectivity index (χ0v) is 34.8. The third-order valence-electron chi connectivity index (χ3n) is 10.0. The number of hydrogen-bond donors (Lipinski definition) is 0. The fraction of sp³-hybridized carbons (Fsp3) is 0.891. The van der Waals surface area contributed by atoms with Crippen molar-refractivity contribution >= 4 is 17.9 Å². The number of rotatable bonds is 41. The molecule has 0 aromatic carbocycles. The Bertz CT molecular complexity index is 809. The maximum atomic E-state index is 12.7. The summed E-state index contributed by atoms with van der Waals surface area (Å²) in [5.41, 5.74) is 0. The molecule has 0 saturated carbocycles. The summed E-state index contributed by atoms with van der Waals surface area (Å²) in [6.07, 6.45) is 43.3. The third kappa shape index (κ3) is 39.4. The minimum Gasteiger partial charge on any atom is -0.462 e. The van der Waals surface area contributed by atoms with Gasteiger partial charge in [0.25, 0.3) is 0 Å². The molecular weight excluding hydrogens is 648 g/mol. The second-order valence-corrected chi connectivity index (χ2v) is 15.3. The number of ether oxygens (including phenoxy) is 3. The van der Waals surface area contributed by atoms with E-state index in [9.17, 15) is 14.4 Å². The molecule has 0 aliphatic carbocycles. The van der Waals surface area contributed by atoms with Crippen molar-refractivity contribution in [1.29, 1.82) is 0 Å². The Kier molecular flexibility index (Phi) is 40.4. The lowest BCUT2D eigenvalue weighted by atomic mass is 10.1. The Balaban J connectivity index is 4.35. The van der Waals surface area contributed by atoms with Crippen LogP contribution in [0.25, 0.3) is 0 Å². The molecule has 52 heavy (non-hydrogen) atoms. The summed E-state index contributed by atoms with van der Waals surface area (Å²) in [5.74, 6) is -0.872. The molecule has 0 aromatic heterocycles. The highest BCUT2D eigenvalue weighted by Gasteiger charge is 2.19. The highest BCUT2D eigenvalue weighted by atomic mass is 16.6. The Labute approximate surface area is 322 Å². The molecular formula is C46H86O6. The van der Waals surface area contributed by atoms with Crippen LogP contribution in [0.2, 0.25) is 0 Å². The first-order valence-electron chi connectivity index (χ1n) is 22.7. The van der Waals surface area contributed by atoms with Crippen molar-refractivity contribution in [3.63, 3.8) is 0 Å². The molecule has 0 saturated heterocycles. The van der Waals surface area contributed by atoms with Crippen LogP contribution >= 0.6 is 0 Å². The van der Waals surface area contributed by atoms with Crippen molar-refractivity contribution < 1.29 is 28.6 Å². The van der Waals surface area contributed by atoms with Crippen LogP contribution in [0.5, 0.6) is 0 Å². The van der Waals surface area contributed by atoms with Gasteiger partial charge in [0.2, 0.25) is 0 Å². The van der Waals surface area contributed by atoms with Gasteiger partial charge in [-0.2, -0.15) is 0 Å². The van der Waals surface area contributed by atoms with Gasteiger partial charge < -0.3 is 14.2 Å². The maximum Gasteiger partial charge on any atom is 0.306 e. The first kappa shape index (κ1) is 50.1. The van der Waals surface area contributed by atoms with Gasteiger partial charge in [0.1, 0.15) is 13.2 Å². The van der Waals surface area contributed by atoms with E-state index >= 15 is 0 Å². The van der Waals surface area contributed by atoms with Gasteiger partial charge in [-0.05, 0) is 44.9 Å². The van der Waals surface area contributed by atoms with Crippen LogP contribution in [0.4, 0.5) is 0 Å². The van der Waals surface area contributed by atoms with Crippen LogP contribution in [0.3, 0.4) is 0 Å². The van der Waals surface area contributed by atoms with Crippen molar-refractivity contribution in [2.45, 2.75) is 252 Å². The Morgan fingerprint density at radius 1 is 0.365 bits per heavy atom. The number of unbranched alkanes of at least 4 members (excludes halogenated alkanes) is 28. The summed E-state index contributed by atoms with van der Waals surface area (Å²) < 4.78 is 16.7. The molecule has 0 amide bonds. The van der Waals surface area contributed by atoms with Crippen molar-refractivity contribution in [1.82, 2.24) is 0 Å². The summed E-state index contributed by atoms with van der Waals surface area (Å²) in [5, 5.41) is 0. The van der Waals surface area contributed by atoms with Gasteiger partial charge in [-0.1, -0.05) is 193 Å². The molecule has 1 atom stereocenters. The predicted molar refractivity (Wildman–Crippen MR) is 220 cm³/mol. The lowest BCUT2D eigenvalue weighted by molar-refractivity contribution is -0.167. The summed E-state index contributed by atoms with van der Waals surface area (Å²) in [6, 6.07) is 0. The van der Waals surface area contributed by atoms with E-state index in [-0.39, 0.29) is 31.1 Å². The van der Waals surface area contributed by atoms with Crippen LogP contribution in [-0.4, -0.2) is 37.2 Å². The number of carbonyl (C=O) groups excluding carboxylic acids is 3. The smallest absolute Gasteiger partial charge is 0.306 e. The molecule has 6 heteroatoms. The maximum absolute atomic E-state index is 12.7. The normalized spacial score (nSPS) is 12.0. The van der Waals surface area contributed by atoms with E-state index < -0.39 is 6.10 Å². The van der Waals surface area contributed by atoms with Gasteiger partial charge in [-0.15, -0.1) is 0 Å². The summed E-state index contributed by atoms with van der Waals surface area (Å²) in [6.45, 7) is 6.60. The molecule has 0 aromatic rings. The topological polar surface area (TPSA) is 78.9 Å². The van der Waals surface area contributed by atoms with E-state index in [0.29, 0.717) is 19.3 Å². The van der Waals surface area contributed by atoms with E-state index in [2.05, 4.69) is 32.9 Å². The van der Waals surface area contributed by atoms with Gasteiger partial charge in [-0.25, -0.2) is 0 Å². The van der Waals surface area contributed by atoms with Crippen LogP contribution in [-0.2, 0) is 28.6 Å². The monoisotopic (exact) mass is 735 g/mol. The van der Waals surface area contributed by atoms with E-state index in [1.165, 1.54) is 141 Å². The average molecular weight is 735 g/mol. The minimum absolute atomic E-state index is 0.0683. The van der Waals surface area contributed by atoms with Gasteiger partial charge >= 0.3 is 17.9 Å². The van der Waals surface area contributed by atoms with Crippen molar-refractivity contribution in [3.05, 3.63) is 12.2 Å². The van der Waals surface area contributed by atoms with Crippen LogP contribution < -0.4 is 0 Å². The molecule has 0 aliphatic rings. The fourth-order valence-electron chi connectivity index (χ4n) is 6.55. The molecule has 0 heterocycles.